The van der Waals surface area contributed by atoms with Gasteiger partial charge in [-0.25, -0.2) is 9.97 Å². The van der Waals surface area contributed by atoms with Gasteiger partial charge in [0.2, 0.25) is 0 Å². The molecule has 4 heteroatoms. The Labute approximate surface area is 133 Å². The molecule has 0 bridgehead atoms. The van der Waals surface area contributed by atoms with E-state index in [4.69, 9.17) is 0 Å². The van der Waals surface area contributed by atoms with Crippen LogP contribution in [0.1, 0.15) is 68.4 Å². The maximum atomic E-state index is 9.46. The lowest BCUT2D eigenvalue weighted by molar-refractivity contribution is 0.141. The van der Waals surface area contributed by atoms with Crippen LogP contribution in [0.3, 0.4) is 0 Å². The number of aryl methyl sites for hydroxylation is 2. The van der Waals surface area contributed by atoms with Crippen LogP contribution in [0.4, 0.5) is 5.82 Å². The van der Waals surface area contributed by atoms with Crippen molar-refractivity contribution in [1.82, 2.24) is 9.97 Å². The Hall–Kier alpha value is -1.16. The van der Waals surface area contributed by atoms with Crippen LogP contribution >= 0.6 is 0 Å². The molecular weight excluding hydrogens is 274 g/mol. The molecule has 0 unspecified atom stereocenters. The molecule has 0 saturated heterocycles. The molecular formula is C18H29N3O. The molecule has 1 fully saturated rings. The largest absolute Gasteiger partial charge is 0.396 e. The summed E-state index contributed by atoms with van der Waals surface area (Å²) in [4.78, 5) is 9.31. The van der Waals surface area contributed by atoms with E-state index in [0.29, 0.717) is 6.61 Å². The lowest BCUT2D eigenvalue weighted by atomic mass is 9.72. The van der Waals surface area contributed by atoms with E-state index in [1.54, 1.807) is 0 Å². The monoisotopic (exact) mass is 303 g/mol. The van der Waals surface area contributed by atoms with Crippen LogP contribution in [0, 0.1) is 12.3 Å². The van der Waals surface area contributed by atoms with Crippen molar-refractivity contribution in [3.63, 3.8) is 0 Å². The van der Waals surface area contributed by atoms with Gasteiger partial charge < -0.3 is 10.4 Å². The van der Waals surface area contributed by atoms with Gasteiger partial charge in [0.15, 0.2) is 0 Å². The van der Waals surface area contributed by atoms with Crippen molar-refractivity contribution in [2.45, 2.75) is 71.1 Å². The number of aromatic nitrogens is 2. The number of anilines is 1. The van der Waals surface area contributed by atoms with E-state index in [0.717, 1.165) is 37.4 Å². The zero-order valence-electron chi connectivity index (χ0n) is 13.8. The van der Waals surface area contributed by atoms with Crippen molar-refractivity contribution in [2.75, 3.05) is 18.5 Å². The quantitative estimate of drug-likeness (QED) is 0.875. The number of hydrogen-bond donors (Lipinski definition) is 2. The first-order valence-electron chi connectivity index (χ1n) is 8.94. The van der Waals surface area contributed by atoms with E-state index in [1.165, 1.54) is 56.2 Å². The number of nitrogens with zero attached hydrogens (tertiary/aromatic N) is 2. The Morgan fingerprint density at radius 3 is 2.59 bits per heavy atom. The Morgan fingerprint density at radius 2 is 1.82 bits per heavy atom. The maximum absolute atomic E-state index is 9.46. The molecule has 2 N–H and O–H groups in total. The van der Waals surface area contributed by atoms with E-state index in [2.05, 4.69) is 15.3 Å². The first kappa shape index (κ1) is 15.7. The second-order valence-corrected chi connectivity index (χ2v) is 7.14. The van der Waals surface area contributed by atoms with Gasteiger partial charge >= 0.3 is 0 Å². The second-order valence-electron chi connectivity index (χ2n) is 7.14. The van der Waals surface area contributed by atoms with Gasteiger partial charge in [0.05, 0.1) is 0 Å². The van der Waals surface area contributed by atoms with Gasteiger partial charge in [0.25, 0.3) is 0 Å². The van der Waals surface area contributed by atoms with Crippen LogP contribution in [-0.2, 0) is 12.8 Å². The molecule has 0 aromatic carbocycles. The summed E-state index contributed by atoms with van der Waals surface area (Å²) in [6.45, 7) is 3.23. The highest BCUT2D eigenvalue weighted by Gasteiger charge is 2.31. The number of rotatable bonds is 5. The van der Waals surface area contributed by atoms with Crippen LogP contribution < -0.4 is 5.32 Å². The van der Waals surface area contributed by atoms with Gasteiger partial charge in [-0.05, 0) is 57.3 Å². The van der Waals surface area contributed by atoms with Crippen LogP contribution in [0.2, 0.25) is 0 Å². The molecule has 0 aliphatic heterocycles. The summed E-state index contributed by atoms with van der Waals surface area (Å²) in [7, 11) is 0. The van der Waals surface area contributed by atoms with Crippen LogP contribution in [0.25, 0.3) is 0 Å². The van der Waals surface area contributed by atoms with Crippen LogP contribution in [0.5, 0.6) is 0 Å². The fourth-order valence-corrected chi connectivity index (χ4v) is 4.19. The molecule has 3 rings (SSSR count). The van der Waals surface area contributed by atoms with Crippen molar-refractivity contribution < 1.29 is 5.11 Å². The average Bonchev–Trinajstić information content (AvgIpc) is 2.54. The highest BCUT2D eigenvalue weighted by molar-refractivity contribution is 5.48. The van der Waals surface area contributed by atoms with Gasteiger partial charge in [0.1, 0.15) is 11.6 Å². The standard InChI is InChI=1S/C18H29N3O/c1-14-20-16-8-4-3-7-15(16)17(21-14)19-13-18(11-12-22)9-5-2-6-10-18/h22H,2-13H2,1H3,(H,19,20,21). The summed E-state index contributed by atoms with van der Waals surface area (Å²) in [6, 6.07) is 0. The lowest BCUT2D eigenvalue weighted by Gasteiger charge is -2.37. The molecule has 0 radical (unpaired) electrons. The van der Waals surface area contributed by atoms with Crippen molar-refractivity contribution >= 4 is 5.82 Å². The SMILES string of the molecule is Cc1nc2c(c(NCC3(CCO)CCCCC3)n1)CCCC2. The third-order valence-corrected chi connectivity index (χ3v) is 5.48. The molecule has 4 nitrogen and oxygen atoms in total. The van der Waals surface area contributed by atoms with Crippen molar-refractivity contribution in [3.8, 4) is 0 Å². The minimum atomic E-state index is 0.257. The predicted octanol–water partition coefficient (Wildman–Crippen LogP) is 3.41. The van der Waals surface area contributed by atoms with Crippen molar-refractivity contribution in [1.29, 1.82) is 0 Å². The highest BCUT2D eigenvalue weighted by atomic mass is 16.3. The molecule has 2 aliphatic rings. The summed E-state index contributed by atoms with van der Waals surface area (Å²) in [5.41, 5.74) is 2.85. The number of nitrogens with one attached hydrogen (secondary N) is 1. The third kappa shape index (κ3) is 3.43. The molecule has 0 atom stereocenters. The topological polar surface area (TPSA) is 58.0 Å². The van der Waals surface area contributed by atoms with Crippen molar-refractivity contribution in [3.05, 3.63) is 17.1 Å². The van der Waals surface area contributed by atoms with E-state index in [9.17, 15) is 5.11 Å². The molecule has 1 heterocycles. The summed E-state index contributed by atoms with van der Waals surface area (Å²) in [5, 5.41) is 13.1. The van der Waals surface area contributed by atoms with Crippen LogP contribution in [-0.4, -0.2) is 28.2 Å². The summed E-state index contributed by atoms with van der Waals surface area (Å²) < 4.78 is 0. The predicted molar refractivity (Wildman–Crippen MR) is 89.1 cm³/mol. The minimum Gasteiger partial charge on any atom is -0.396 e. The first-order chi connectivity index (χ1) is 10.7. The zero-order valence-corrected chi connectivity index (χ0v) is 13.8. The fourth-order valence-electron chi connectivity index (χ4n) is 4.19. The summed E-state index contributed by atoms with van der Waals surface area (Å²) in [6.07, 6.45) is 12.0. The van der Waals surface area contributed by atoms with E-state index >= 15 is 0 Å². The molecule has 1 aromatic heterocycles. The lowest BCUT2D eigenvalue weighted by Crippen LogP contribution is -2.34. The minimum absolute atomic E-state index is 0.257. The molecule has 1 aromatic rings. The summed E-state index contributed by atoms with van der Waals surface area (Å²) in [5.74, 6) is 1.94. The van der Waals surface area contributed by atoms with Gasteiger partial charge in [-0.3, -0.25) is 0 Å². The van der Waals surface area contributed by atoms with Gasteiger partial charge in [-0.1, -0.05) is 19.3 Å². The number of fused-ring (bicyclic) bond motifs is 1. The van der Waals surface area contributed by atoms with Gasteiger partial charge in [-0.2, -0.15) is 0 Å². The van der Waals surface area contributed by atoms with E-state index in [1.807, 2.05) is 6.92 Å². The molecule has 0 amide bonds. The van der Waals surface area contributed by atoms with Crippen LogP contribution in [0.15, 0.2) is 0 Å². The van der Waals surface area contributed by atoms with E-state index < -0.39 is 0 Å². The third-order valence-electron chi connectivity index (χ3n) is 5.48. The number of hydrogen-bond acceptors (Lipinski definition) is 4. The second kappa shape index (κ2) is 6.95. The fraction of sp³-hybridized carbons (Fsp3) is 0.778. The smallest absolute Gasteiger partial charge is 0.133 e. The average molecular weight is 303 g/mol. The highest BCUT2D eigenvalue weighted by Crippen LogP contribution is 2.39. The Balaban J connectivity index is 1.76. The van der Waals surface area contributed by atoms with Gasteiger partial charge in [0, 0.05) is 24.4 Å². The molecule has 1 saturated carbocycles. The molecule has 2 aliphatic carbocycles. The maximum Gasteiger partial charge on any atom is 0.133 e. The molecule has 0 spiro atoms. The Bertz CT molecular complexity index is 504. The first-order valence-corrected chi connectivity index (χ1v) is 8.94. The number of aliphatic hydroxyl groups is 1. The molecule has 122 valence electrons. The van der Waals surface area contributed by atoms with E-state index in [-0.39, 0.29) is 5.41 Å². The normalized spacial score (nSPS) is 20.5. The van der Waals surface area contributed by atoms with Gasteiger partial charge in [-0.15, -0.1) is 0 Å². The Kier molecular flexibility index (Phi) is 4.97. The number of aliphatic hydroxyl groups excluding tert-OH is 1. The van der Waals surface area contributed by atoms with Crippen molar-refractivity contribution in [2.24, 2.45) is 5.41 Å². The zero-order chi connectivity index (χ0) is 15.4. The summed E-state index contributed by atoms with van der Waals surface area (Å²) >= 11 is 0. The molecule has 22 heavy (non-hydrogen) atoms. The Morgan fingerprint density at radius 1 is 1.05 bits per heavy atom.